The Morgan fingerprint density at radius 2 is 2.08 bits per heavy atom. The van der Waals surface area contributed by atoms with Gasteiger partial charge in [-0.1, -0.05) is 12.1 Å². The van der Waals surface area contributed by atoms with Gasteiger partial charge in [0.15, 0.2) is 0 Å². The molecule has 1 aromatic carbocycles. The lowest BCUT2D eigenvalue weighted by atomic mass is 10.1. The highest BCUT2D eigenvalue weighted by Gasteiger charge is 2.11. The molecular weight excluding hydrogens is 394 g/mol. The number of aromatic nitrogens is 4. The second-order valence-corrected chi connectivity index (χ2v) is 7.02. The molecule has 0 aliphatic rings. The van der Waals surface area contributed by atoms with Crippen LogP contribution in [0.3, 0.4) is 0 Å². The predicted molar refractivity (Wildman–Crippen MR) is 104 cm³/mol. The van der Waals surface area contributed by atoms with Gasteiger partial charge >= 0.3 is 0 Å². The standard InChI is InChI=1S/C19H22BrN5O/c1-4-24-11-16(10-22-24)9-21-19(26)17-7-5-6-15(8-17)12-25-14(3)18(20)13(2)23-25/h5-8,10-11H,4,9,12H2,1-3H3,(H,21,26). The van der Waals surface area contributed by atoms with Gasteiger partial charge in [-0.2, -0.15) is 10.2 Å². The summed E-state index contributed by atoms with van der Waals surface area (Å²) >= 11 is 3.55. The van der Waals surface area contributed by atoms with E-state index in [-0.39, 0.29) is 5.91 Å². The molecule has 0 spiro atoms. The average Bonchev–Trinajstić information content (AvgIpc) is 3.20. The average molecular weight is 416 g/mol. The Morgan fingerprint density at radius 3 is 2.73 bits per heavy atom. The number of benzene rings is 1. The Bertz CT molecular complexity index is 928. The lowest BCUT2D eigenvalue weighted by Gasteiger charge is -2.08. The maximum absolute atomic E-state index is 12.5. The molecule has 0 unspecified atom stereocenters. The first-order valence-electron chi connectivity index (χ1n) is 8.56. The number of hydrogen-bond donors (Lipinski definition) is 1. The van der Waals surface area contributed by atoms with Crippen molar-refractivity contribution in [1.29, 1.82) is 0 Å². The number of carbonyl (C=O) groups is 1. The van der Waals surface area contributed by atoms with E-state index in [2.05, 4.69) is 31.4 Å². The van der Waals surface area contributed by atoms with E-state index in [1.807, 2.05) is 60.6 Å². The fourth-order valence-corrected chi connectivity index (χ4v) is 3.05. The van der Waals surface area contributed by atoms with Crippen LogP contribution < -0.4 is 5.32 Å². The van der Waals surface area contributed by atoms with E-state index < -0.39 is 0 Å². The number of halogens is 1. The molecule has 0 aliphatic heterocycles. The zero-order valence-corrected chi connectivity index (χ0v) is 16.7. The molecule has 0 bridgehead atoms. The van der Waals surface area contributed by atoms with Gasteiger partial charge in [-0.3, -0.25) is 14.2 Å². The lowest BCUT2D eigenvalue weighted by molar-refractivity contribution is 0.0951. The van der Waals surface area contributed by atoms with Crippen molar-refractivity contribution >= 4 is 21.8 Å². The molecule has 2 aromatic heterocycles. The van der Waals surface area contributed by atoms with Gasteiger partial charge in [0.05, 0.1) is 28.6 Å². The Morgan fingerprint density at radius 1 is 1.27 bits per heavy atom. The van der Waals surface area contributed by atoms with Crippen molar-refractivity contribution in [2.24, 2.45) is 0 Å². The zero-order valence-electron chi connectivity index (χ0n) is 15.2. The van der Waals surface area contributed by atoms with E-state index in [0.717, 1.165) is 33.5 Å². The summed E-state index contributed by atoms with van der Waals surface area (Å²) in [4.78, 5) is 12.5. The number of rotatable bonds is 6. The van der Waals surface area contributed by atoms with Crippen LogP contribution in [0.4, 0.5) is 0 Å². The molecule has 0 saturated carbocycles. The fraction of sp³-hybridized carbons (Fsp3) is 0.316. The van der Waals surface area contributed by atoms with Crippen molar-refractivity contribution in [2.75, 3.05) is 0 Å². The van der Waals surface area contributed by atoms with E-state index in [0.29, 0.717) is 18.7 Å². The van der Waals surface area contributed by atoms with Gasteiger partial charge < -0.3 is 5.32 Å². The summed E-state index contributed by atoms with van der Waals surface area (Å²) in [5, 5.41) is 11.7. The Labute approximate surface area is 161 Å². The molecule has 136 valence electrons. The lowest BCUT2D eigenvalue weighted by Crippen LogP contribution is -2.22. The van der Waals surface area contributed by atoms with Crippen LogP contribution in [0.5, 0.6) is 0 Å². The van der Waals surface area contributed by atoms with Crippen LogP contribution >= 0.6 is 15.9 Å². The number of nitrogens with one attached hydrogen (secondary N) is 1. The summed E-state index contributed by atoms with van der Waals surface area (Å²) in [6.07, 6.45) is 3.72. The Kier molecular flexibility index (Phi) is 5.56. The number of nitrogens with zero attached hydrogens (tertiary/aromatic N) is 4. The van der Waals surface area contributed by atoms with E-state index in [4.69, 9.17) is 0 Å². The minimum Gasteiger partial charge on any atom is -0.348 e. The van der Waals surface area contributed by atoms with Gasteiger partial charge in [0.25, 0.3) is 5.91 Å². The quantitative estimate of drug-likeness (QED) is 0.670. The predicted octanol–water partition coefficient (Wildman–Crippen LogP) is 3.46. The maximum atomic E-state index is 12.5. The molecule has 2 heterocycles. The second kappa shape index (κ2) is 7.86. The van der Waals surface area contributed by atoms with Gasteiger partial charge in [0, 0.05) is 30.4 Å². The molecule has 1 N–H and O–H groups in total. The highest BCUT2D eigenvalue weighted by molar-refractivity contribution is 9.10. The molecule has 7 heteroatoms. The first kappa shape index (κ1) is 18.4. The molecule has 0 radical (unpaired) electrons. The zero-order chi connectivity index (χ0) is 18.7. The normalized spacial score (nSPS) is 10.9. The third kappa shape index (κ3) is 4.04. The van der Waals surface area contributed by atoms with Crippen molar-refractivity contribution in [3.8, 4) is 0 Å². The molecule has 6 nitrogen and oxygen atoms in total. The largest absolute Gasteiger partial charge is 0.348 e. The smallest absolute Gasteiger partial charge is 0.251 e. The SMILES string of the molecule is CCn1cc(CNC(=O)c2cccc(Cn3nc(C)c(Br)c3C)c2)cn1. The van der Waals surface area contributed by atoms with Crippen molar-refractivity contribution in [3.63, 3.8) is 0 Å². The maximum Gasteiger partial charge on any atom is 0.251 e. The van der Waals surface area contributed by atoms with E-state index in [1.165, 1.54) is 0 Å². The summed E-state index contributed by atoms with van der Waals surface area (Å²) in [6, 6.07) is 7.65. The van der Waals surface area contributed by atoms with Gasteiger partial charge in [0.1, 0.15) is 0 Å². The van der Waals surface area contributed by atoms with E-state index >= 15 is 0 Å². The first-order chi connectivity index (χ1) is 12.5. The van der Waals surface area contributed by atoms with Crippen LogP contribution in [0.15, 0.2) is 41.1 Å². The molecule has 26 heavy (non-hydrogen) atoms. The number of carbonyl (C=O) groups excluding carboxylic acids is 1. The summed E-state index contributed by atoms with van der Waals surface area (Å²) in [6.45, 7) is 7.94. The van der Waals surface area contributed by atoms with Crippen LogP contribution in [-0.4, -0.2) is 25.5 Å². The third-order valence-corrected chi connectivity index (χ3v) is 5.43. The number of aryl methyl sites for hydroxylation is 2. The van der Waals surface area contributed by atoms with Crippen LogP contribution in [0.2, 0.25) is 0 Å². The van der Waals surface area contributed by atoms with E-state index in [1.54, 1.807) is 6.20 Å². The molecule has 0 atom stereocenters. The summed E-state index contributed by atoms with van der Waals surface area (Å²) in [5.74, 6) is -0.0920. The second-order valence-electron chi connectivity index (χ2n) is 6.23. The summed E-state index contributed by atoms with van der Waals surface area (Å²) in [5.41, 5.74) is 4.71. The van der Waals surface area contributed by atoms with Gasteiger partial charge in [0.2, 0.25) is 0 Å². The molecule has 0 saturated heterocycles. The van der Waals surface area contributed by atoms with Crippen LogP contribution in [0.1, 0.15) is 39.8 Å². The monoisotopic (exact) mass is 415 g/mol. The fourth-order valence-electron chi connectivity index (χ4n) is 2.77. The van der Waals surface area contributed by atoms with Crippen molar-refractivity contribution in [1.82, 2.24) is 24.9 Å². The molecule has 3 aromatic rings. The molecule has 3 rings (SSSR count). The molecule has 1 amide bonds. The minimum atomic E-state index is -0.0920. The van der Waals surface area contributed by atoms with Crippen molar-refractivity contribution in [3.05, 3.63) is 69.2 Å². The van der Waals surface area contributed by atoms with Crippen LogP contribution in [0, 0.1) is 13.8 Å². The summed E-state index contributed by atoms with van der Waals surface area (Å²) in [7, 11) is 0. The minimum absolute atomic E-state index is 0.0920. The molecular formula is C19H22BrN5O. The molecule has 0 aliphatic carbocycles. The highest BCUT2D eigenvalue weighted by atomic mass is 79.9. The third-order valence-electron chi connectivity index (χ3n) is 4.28. The van der Waals surface area contributed by atoms with Crippen molar-refractivity contribution < 1.29 is 4.79 Å². The molecule has 0 fully saturated rings. The topological polar surface area (TPSA) is 64.7 Å². The van der Waals surface area contributed by atoms with Gasteiger partial charge in [-0.05, 0) is 54.4 Å². The van der Waals surface area contributed by atoms with E-state index in [9.17, 15) is 4.79 Å². The first-order valence-corrected chi connectivity index (χ1v) is 9.35. The van der Waals surface area contributed by atoms with Crippen LogP contribution in [0.25, 0.3) is 0 Å². The van der Waals surface area contributed by atoms with Gasteiger partial charge in [-0.25, -0.2) is 0 Å². The summed E-state index contributed by atoms with van der Waals surface area (Å²) < 4.78 is 4.81. The highest BCUT2D eigenvalue weighted by Crippen LogP contribution is 2.20. The number of amides is 1. The van der Waals surface area contributed by atoms with Gasteiger partial charge in [-0.15, -0.1) is 0 Å². The number of hydrogen-bond acceptors (Lipinski definition) is 3. The Balaban J connectivity index is 1.67. The Hall–Kier alpha value is -2.41. The van der Waals surface area contributed by atoms with Crippen molar-refractivity contribution in [2.45, 2.75) is 40.4 Å². The van der Waals surface area contributed by atoms with Crippen LogP contribution in [-0.2, 0) is 19.6 Å².